The molecule has 2 atom stereocenters. The number of fused-ring (bicyclic) bond motifs is 1. The third-order valence-electron chi connectivity index (χ3n) is 6.00. The lowest BCUT2D eigenvalue weighted by atomic mass is 9.53. The van der Waals surface area contributed by atoms with Crippen molar-refractivity contribution >= 4 is 23.0 Å². The molecule has 1 aliphatic carbocycles. The number of carbonyl (C=O) groups is 2. The van der Waals surface area contributed by atoms with Crippen LogP contribution in [0.25, 0.3) is 11.0 Å². The predicted molar refractivity (Wildman–Crippen MR) is 119 cm³/mol. The summed E-state index contributed by atoms with van der Waals surface area (Å²) in [6.45, 7) is 12.1. The second-order valence-corrected chi connectivity index (χ2v) is 9.66. The summed E-state index contributed by atoms with van der Waals surface area (Å²) in [6, 6.07) is 9.78. The van der Waals surface area contributed by atoms with E-state index in [-0.39, 0.29) is 12.0 Å². The minimum atomic E-state index is -1.11. The van der Waals surface area contributed by atoms with Crippen LogP contribution in [0, 0.1) is 5.41 Å². The van der Waals surface area contributed by atoms with Gasteiger partial charge < -0.3 is 24.5 Å². The molecule has 2 aromatic rings. The van der Waals surface area contributed by atoms with Gasteiger partial charge in [0.2, 0.25) is 5.91 Å². The van der Waals surface area contributed by atoms with E-state index in [9.17, 15) is 9.59 Å². The molecule has 1 saturated carbocycles. The zero-order valence-corrected chi connectivity index (χ0v) is 19.3. The van der Waals surface area contributed by atoms with Gasteiger partial charge in [-0.3, -0.25) is 4.79 Å². The summed E-state index contributed by atoms with van der Waals surface area (Å²) < 4.78 is 17.1. The van der Waals surface area contributed by atoms with E-state index in [0.717, 1.165) is 16.7 Å². The summed E-state index contributed by atoms with van der Waals surface area (Å²) in [5.41, 5.74) is -1.53. The Morgan fingerprint density at radius 3 is 2.55 bits per heavy atom. The molecule has 2 amide bonds. The zero-order chi connectivity index (χ0) is 22.9. The van der Waals surface area contributed by atoms with Crippen LogP contribution in [0.3, 0.4) is 0 Å². The molecule has 0 spiro atoms. The van der Waals surface area contributed by atoms with Crippen molar-refractivity contribution in [3.05, 3.63) is 36.1 Å². The Labute approximate surface area is 183 Å². The first-order chi connectivity index (χ1) is 14.5. The highest BCUT2D eigenvalue weighted by atomic mass is 16.6. The first-order valence-corrected chi connectivity index (χ1v) is 10.9. The van der Waals surface area contributed by atoms with E-state index in [4.69, 9.17) is 13.9 Å². The van der Waals surface area contributed by atoms with Crippen molar-refractivity contribution < 1.29 is 23.5 Å². The SMILES string of the molecule is CCO[C@@H]1C[C@@](NC(=O)OC(C)(C)C)(C(=O)NCCc2cc3ccccc3o2)C1(C)C. The fraction of sp³-hybridized carbons (Fsp3) is 0.583. The van der Waals surface area contributed by atoms with Crippen LogP contribution in [-0.4, -0.2) is 42.4 Å². The van der Waals surface area contributed by atoms with Crippen LogP contribution in [0.2, 0.25) is 0 Å². The lowest BCUT2D eigenvalue weighted by molar-refractivity contribution is -0.178. The summed E-state index contributed by atoms with van der Waals surface area (Å²) in [6.07, 6.45) is 0.207. The number of furan rings is 1. The Kier molecular flexibility index (Phi) is 6.37. The van der Waals surface area contributed by atoms with E-state index in [1.54, 1.807) is 20.8 Å². The molecule has 1 fully saturated rings. The van der Waals surface area contributed by atoms with Crippen molar-refractivity contribution in [1.82, 2.24) is 10.6 Å². The molecule has 0 radical (unpaired) electrons. The van der Waals surface area contributed by atoms with Crippen LogP contribution < -0.4 is 10.6 Å². The van der Waals surface area contributed by atoms with Gasteiger partial charge in [0, 0.05) is 36.8 Å². The molecule has 0 aliphatic heterocycles. The molecule has 0 bridgehead atoms. The van der Waals surface area contributed by atoms with Crippen LogP contribution >= 0.6 is 0 Å². The van der Waals surface area contributed by atoms with Gasteiger partial charge in [0.05, 0.1) is 6.10 Å². The number of hydrogen-bond donors (Lipinski definition) is 2. The maximum Gasteiger partial charge on any atom is 0.408 e. The van der Waals surface area contributed by atoms with Gasteiger partial charge in [0.25, 0.3) is 0 Å². The van der Waals surface area contributed by atoms with Crippen LogP contribution in [0.15, 0.2) is 34.7 Å². The predicted octanol–water partition coefficient (Wildman–Crippen LogP) is 4.19. The maximum atomic E-state index is 13.3. The Morgan fingerprint density at radius 2 is 1.94 bits per heavy atom. The van der Waals surface area contributed by atoms with Gasteiger partial charge in [-0.05, 0) is 39.8 Å². The van der Waals surface area contributed by atoms with Crippen LogP contribution in [0.1, 0.15) is 53.7 Å². The summed E-state index contributed by atoms with van der Waals surface area (Å²) >= 11 is 0. The fourth-order valence-corrected chi connectivity index (χ4v) is 4.15. The van der Waals surface area contributed by atoms with E-state index < -0.39 is 22.6 Å². The Morgan fingerprint density at radius 1 is 1.23 bits per heavy atom. The van der Waals surface area contributed by atoms with Gasteiger partial charge in [-0.1, -0.05) is 32.0 Å². The molecule has 1 aromatic heterocycles. The summed E-state index contributed by atoms with van der Waals surface area (Å²) in [5.74, 6) is 0.561. The topological polar surface area (TPSA) is 89.8 Å². The summed E-state index contributed by atoms with van der Waals surface area (Å²) in [7, 11) is 0. The first kappa shape index (κ1) is 23.1. The van der Waals surface area contributed by atoms with Crippen LogP contribution in [0.5, 0.6) is 0 Å². The second kappa shape index (κ2) is 8.54. The van der Waals surface area contributed by atoms with Gasteiger partial charge in [-0.15, -0.1) is 0 Å². The van der Waals surface area contributed by atoms with Crippen molar-refractivity contribution in [3.63, 3.8) is 0 Å². The lowest BCUT2D eigenvalue weighted by Gasteiger charge is -2.59. The molecular weight excluding hydrogens is 396 g/mol. The smallest absolute Gasteiger partial charge is 0.408 e. The Hall–Kier alpha value is -2.54. The van der Waals surface area contributed by atoms with Gasteiger partial charge in [0.1, 0.15) is 22.5 Å². The summed E-state index contributed by atoms with van der Waals surface area (Å²) in [5, 5.41) is 6.87. The van der Waals surface area contributed by atoms with Gasteiger partial charge >= 0.3 is 6.09 Å². The molecule has 1 aliphatic rings. The lowest BCUT2D eigenvalue weighted by Crippen LogP contribution is -2.78. The minimum Gasteiger partial charge on any atom is -0.461 e. The molecule has 31 heavy (non-hydrogen) atoms. The average Bonchev–Trinajstić information content (AvgIpc) is 3.08. The van der Waals surface area contributed by atoms with Gasteiger partial charge in [0.15, 0.2) is 0 Å². The number of rotatable bonds is 7. The van der Waals surface area contributed by atoms with Crippen molar-refractivity contribution in [2.75, 3.05) is 13.2 Å². The molecule has 7 nitrogen and oxygen atoms in total. The number of carbonyl (C=O) groups excluding carboxylic acids is 2. The fourth-order valence-electron chi connectivity index (χ4n) is 4.15. The average molecular weight is 431 g/mol. The Bertz CT molecular complexity index is 910. The normalized spacial score (nSPS) is 22.6. The summed E-state index contributed by atoms with van der Waals surface area (Å²) in [4.78, 5) is 25.9. The van der Waals surface area contributed by atoms with Crippen molar-refractivity contribution in [3.8, 4) is 0 Å². The van der Waals surface area contributed by atoms with E-state index in [1.807, 2.05) is 51.1 Å². The molecular formula is C24H34N2O5. The standard InChI is InChI=1S/C24H34N2O5/c1-7-29-19-15-24(23(19,5)6,26-21(28)31-22(2,3)4)20(27)25-13-12-17-14-16-10-8-9-11-18(16)30-17/h8-11,14,19H,7,12-13,15H2,1-6H3,(H,25,27)(H,26,28)/t19-,24-/m1/s1. The molecule has 7 heteroatoms. The third-order valence-corrected chi connectivity index (χ3v) is 6.00. The molecule has 170 valence electrons. The molecule has 0 unspecified atom stereocenters. The first-order valence-electron chi connectivity index (χ1n) is 10.9. The molecule has 1 aromatic carbocycles. The molecule has 1 heterocycles. The highest BCUT2D eigenvalue weighted by molar-refractivity contribution is 5.92. The second-order valence-electron chi connectivity index (χ2n) is 9.66. The quantitative estimate of drug-likeness (QED) is 0.687. The number of benzene rings is 1. The van der Waals surface area contributed by atoms with Crippen molar-refractivity contribution in [2.45, 2.75) is 71.6 Å². The van der Waals surface area contributed by atoms with E-state index in [1.165, 1.54) is 0 Å². The van der Waals surface area contributed by atoms with Crippen LogP contribution in [0.4, 0.5) is 4.79 Å². The number of para-hydroxylation sites is 1. The number of hydrogen-bond acceptors (Lipinski definition) is 5. The number of alkyl carbamates (subject to hydrolysis) is 1. The van der Waals surface area contributed by atoms with Gasteiger partial charge in [-0.2, -0.15) is 0 Å². The van der Waals surface area contributed by atoms with Gasteiger partial charge in [-0.25, -0.2) is 4.79 Å². The Balaban J connectivity index is 1.69. The largest absolute Gasteiger partial charge is 0.461 e. The number of nitrogens with one attached hydrogen (secondary N) is 2. The maximum absolute atomic E-state index is 13.3. The van der Waals surface area contributed by atoms with Crippen molar-refractivity contribution in [2.24, 2.45) is 5.41 Å². The minimum absolute atomic E-state index is 0.131. The van der Waals surface area contributed by atoms with Crippen molar-refractivity contribution in [1.29, 1.82) is 0 Å². The van der Waals surface area contributed by atoms with E-state index >= 15 is 0 Å². The molecule has 3 rings (SSSR count). The molecule has 2 N–H and O–H groups in total. The van der Waals surface area contributed by atoms with E-state index in [2.05, 4.69) is 10.6 Å². The zero-order valence-electron chi connectivity index (χ0n) is 19.3. The third kappa shape index (κ3) is 4.71. The highest BCUT2D eigenvalue weighted by Gasteiger charge is 2.66. The number of ether oxygens (including phenoxy) is 2. The van der Waals surface area contributed by atoms with E-state index in [0.29, 0.717) is 26.0 Å². The molecule has 0 saturated heterocycles. The number of amides is 2. The van der Waals surface area contributed by atoms with Crippen LogP contribution in [-0.2, 0) is 20.7 Å². The highest BCUT2D eigenvalue weighted by Crippen LogP contribution is 2.51. The monoisotopic (exact) mass is 430 g/mol.